The fourth-order valence-electron chi connectivity index (χ4n) is 2.89. The number of hydrogen-bond donors (Lipinski definition) is 0. The molecule has 1 heterocycles. The lowest BCUT2D eigenvalue weighted by atomic mass is 10.1. The molecule has 2 aliphatic rings. The maximum atomic E-state index is 12.7. The zero-order chi connectivity index (χ0) is 13.9. The molecule has 0 radical (unpaired) electrons. The molecule has 0 bridgehead atoms. The average Bonchev–Trinajstić information content (AvgIpc) is 3.14. The van der Waals surface area contributed by atoms with Gasteiger partial charge in [-0.3, -0.25) is 4.79 Å². The number of ether oxygens (including phenoxy) is 1. The maximum Gasteiger partial charge on any atom is 0.252 e. The van der Waals surface area contributed by atoms with Crippen LogP contribution < -0.4 is 0 Å². The monoisotopic (exact) mass is 273 g/mol. The minimum absolute atomic E-state index is 0.133. The second kappa shape index (κ2) is 5.96. The molecule has 1 aliphatic carbocycles. The molecule has 3 rings (SSSR count). The molecular weight excluding hydrogens is 250 g/mol. The van der Waals surface area contributed by atoms with Crippen molar-refractivity contribution in [3.8, 4) is 0 Å². The van der Waals surface area contributed by atoms with Crippen molar-refractivity contribution in [1.82, 2.24) is 4.90 Å². The molecule has 1 aromatic carbocycles. The van der Waals surface area contributed by atoms with E-state index in [0.717, 1.165) is 26.0 Å². The van der Waals surface area contributed by atoms with E-state index in [-0.39, 0.29) is 18.1 Å². The standard InChI is InChI=1S/C17H23NO2/c1-13(15-6-3-2-4-7-15)18(12-14-9-10-14)17(19)16-8-5-11-20-16/h2-4,6-7,13-14,16H,5,8-12H2,1H3/t13-,16+/m0/s1. The molecule has 1 aromatic rings. The molecule has 3 heteroatoms. The van der Waals surface area contributed by atoms with Gasteiger partial charge in [0, 0.05) is 13.2 Å². The highest BCUT2D eigenvalue weighted by Gasteiger charge is 2.35. The van der Waals surface area contributed by atoms with Crippen molar-refractivity contribution >= 4 is 5.91 Å². The molecule has 1 aliphatic heterocycles. The first-order valence-electron chi connectivity index (χ1n) is 7.72. The largest absolute Gasteiger partial charge is 0.368 e. The Labute approximate surface area is 120 Å². The fourth-order valence-corrected chi connectivity index (χ4v) is 2.89. The van der Waals surface area contributed by atoms with Crippen molar-refractivity contribution in [2.24, 2.45) is 5.92 Å². The minimum atomic E-state index is -0.208. The lowest BCUT2D eigenvalue weighted by Crippen LogP contribution is -2.41. The fraction of sp³-hybridized carbons (Fsp3) is 0.588. The first-order chi connectivity index (χ1) is 9.75. The smallest absolute Gasteiger partial charge is 0.252 e. The molecule has 20 heavy (non-hydrogen) atoms. The molecule has 0 N–H and O–H groups in total. The Bertz CT molecular complexity index is 449. The molecule has 1 saturated heterocycles. The summed E-state index contributed by atoms with van der Waals surface area (Å²) < 4.78 is 5.59. The first-order valence-corrected chi connectivity index (χ1v) is 7.72. The van der Waals surface area contributed by atoms with Gasteiger partial charge in [-0.25, -0.2) is 0 Å². The summed E-state index contributed by atoms with van der Waals surface area (Å²) in [6.07, 6.45) is 4.20. The third-order valence-corrected chi connectivity index (χ3v) is 4.39. The van der Waals surface area contributed by atoms with Crippen LogP contribution in [0.2, 0.25) is 0 Å². The summed E-state index contributed by atoms with van der Waals surface area (Å²) in [5, 5.41) is 0. The van der Waals surface area contributed by atoms with Crippen LogP contribution in [0.1, 0.15) is 44.2 Å². The van der Waals surface area contributed by atoms with Gasteiger partial charge >= 0.3 is 0 Å². The highest BCUT2D eigenvalue weighted by atomic mass is 16.5. The normalized spacial score (nSPS) is 23.6. The van der Waals surface area contributed by atoms with Crippen LogP contribution in [-0.2, 0) is 9.53 Å². The minimum Gasteiger partial charge on any atom is -0.368 e. The summed E-state index contributed by atoms with van der Waals surface area (Å²) in [6.45, 7) is 3.74. The number of amides is 1. The van der Waals surface area contributed by atoms with E-state index < -0.39 is 0 Å². The number of rotatable bonds is 5. The predicted octanol–water partition coefficient (Wildman–Crippen LogP) is 3.17. The Morgan fingerprint density at radius 1 is 1.30 bits per heavy atom. The summed E-state index contributed by atoms with van der Waals surface area (Å²) in [4.78, 5) is 14.8. The highest BCUT2D eigenvalue weighted by Crippen LogP contribution is 2.33. The maximum absolute atomic E-state index is 12.7. The lowest BCUT2D eigenvalue weighted by molar-refractivity contribution is -0.143. The van der Waals surface area contributed by atoms with Crippen molar-refractivity contribution in [1.29, 1.82) is 0 Å². The molecule has 108 valence electrons. The summed E-state index contributed by atoms with van der Waals surface area (Å²) in [7, 11) is 0. The van der Waals surface area contributed by atoms with Crippen LogP contribution in [0, 0.1) is 5.92 Å². The summed E-state index contributed by atoms with van der Waals surface area (Å²) in [5.74, 6) is 0.886. The van der Waals surface area contributed by atoms with Crippen LogP contribution in [0.5, 0.6) is 0 Å². The SMILES string of the molecule is C[C@@H](c1ccccc1)N(CC1CC1)C(=O)[C@H]1CCCO1. The van der Waals surface area contributed by atoms with Gasteiger partial charge in [0.2, 0.25) is 0 Å². The number of nitrogens with zero attached hydrogens (tertiary/aromatic N) is 1. The Morgan fingerprint density at radius 2 is 2.05 bits per heavy atom. The van der Waals surface area contributed by atoms with Gasteiger partial charge in [0.25, 0.3) is 5.91 Å². The third-order valence-electron chi connectivity index (χ3n) is 4.39. The molecule has 0 spiro atoms. The van der Waals surface area contributed by atoms with Crippen molar-refractivity contribution in [2.75, 3.05) is 13.2 Å². The van der Waals surface area contributed by atoms with Gasteiger partial charge in [-0.2, -0.15) is 0 Å². The Hall–Kier alpha value is -1.35. The number of carbonyl (C=O) groups excluding carboxylic acids is 1. The molecule has 3 nitrogen and oxygen atoms in total. The Balaban J connectivity index is 1.75. The van der Waals surface area contributed by atoms with E-state index >= 15 is 0 Å². The van der Waals surface area contributed by atoms with Crippen molar-refractivity contribution in [2.45, 2.75) is 44.8 Å². The number of carbonyl (C=O) groups is 1. The van der Waals surface area contributed by atoms with Gasteiger partial charge in [0.1, 0.15) is 6.10 Å². The molecule has 1 amide bonds. The van der Waals surface area contributed by atoms with E-state index in [1.54, 1.807) is 0 Å². The molecule has 0 aromatic heterocycles. The van der Waals surface area contributed by atoms with Crippen LogP contribution in [0.15, 0.2) is 30.3 Å². The van der Waals surface area contributed by atoms with Crippen LogP contribution >= 0.6 is 0 Å². The van der Waals surface area contributed by atoms with E-state index in [9.17, 15) is 4.79 Å². The number of benzene rings is 1. The van der Waals surface area contributed by atoms with E-state index in [1.165, 1.54) is 18.4 Å². The molecule has 0 unspecified atom stereocenters. The van der Waals surface area contributed by atoms with E-state index in [2.05, 4.69) is 19.1 Å². The third kappa shape index (κ3) is 3.04. The van der Waals surface area contributed by atoms with Crippen LogP contribution in [0.4, 0.5) is 0 Å². The molecule has 1 saturated carbocycles. The lowest BCUT2D eigenvalue weighted by Gasteiger charge is -2.31. The quantitative estimate of drug-likeness (QED) is 0.824. The van der Waals surface area contributed by atoms with Gasteiger partial charge in [0.05, 0.1) is 6.04 Å². The molecule has 2 atom stereocenters. The predicted molar refractivity (Wildman–Crippen MR) is 78.3 cm³/mol. The van der Waals surface area contributed by atoms with Crippen molar-refractivity contribution < 1.29 is 9.53 Å². The van der Waals surface area contributed by atoms with E-state index in [0.29, 0.717) is 5.92 Å². The first kappa shape index (κ1) is 13.6. The Kier molecular flexibility index (Phi) is 4.06. The van der Waals surface area contributed by atoms with Crippen LogP contribution in [0.25, 0.3) is 0 Å². The van der Waals surface area contributed by atoms with Crippen LogP contribution in [0.3, 0.4) is 0 Å². The van der Waals surface area contributed by atoms with Gasteiger partial charge in [-0.05, 0) is 44.1 Å². The Morgan fingerprint density at radius 3 is 2.65 bits per heavy atom. The molecular formula is C17H23NO2. The summed E-state index contributed by atoms with van der Waals surface area (Å²) in [5.41, 5.74) is 1.21. The summed E-state index contributed by atoms with van der Waals surface area (Å²) in [6, 6.07) is 10.4. The van der Waals surface area contributed by atoms with Crippen molar-refractivity contribution in [3.05, 3.63) is 35.9 Å². The van der Waals surface area contributed by atoms with Gasteiger partial charge < -0.3 is 9.64 Å². The zero-order valence-electron chi connectivity index (χ0n) is 12.1. The van der Waals surface area contributed by atoms with Crippen molar-refractivity contribution in [3.63, 3.8) is 0 Å². The van der Waals surface area contributed by atoms with Gasteiger partial charge in [-0.15, -0.1) is 0 Å². The van der Waals surface area contributed by atoms with Gasteiger partial charge in [0.15, 0.2) is 0 Å². The van der Waals surface area contributed by atoms with E-state index in [4.69, 9.17) is 4.74 Å². The average molecular weight is 273 g/mol. The second-order valence-corrected chi connectivity index (χ2v) is 6.02. The second-order valence-electron chi connectivity index (χ2n) is 6.02. The van der Waals surface area contributed by atoms with E-state index in [1.807, 2.05) is 23.1 Å². The highest BCUT2D eigenvalue weighted by molar-refractivity contribution is 5.81. The zero-order valence-corrected chi connectivity index (χ0v) is 12.1. The topological polar surface area (TPSA) is 29.5 Å². The molecule has 2 fully saturated rings. The van der Waals surface area contributed by atoms with Crippen LogP contribution in [-0.4, -0.2) is 30.1 Å². The number of hydrogen-bond acceptors (Lipinski definition) is 2. The van der Waals surface area contributed by atoms with Gasteiger partial charge in [-0.1, -0.05) is 30.3 Å². The summed E-state index contributed by atoms with van der Waals surface area (Å²) >= 11 is 0.